The highest BCUT2D eigenvalue weighted by Gasteiger charge is 2.40. The molecule has 1 fully saturated rings. The van der Waals surface area contributed by atoms with Gasteiger partial charge in [-0.3, -0.25) is 9.59 Å². The zero-order valence-electron chi connectivity index (χ0n) is 16.8. The highest BCUT2D eigenvalue weighted by atomic mass is 16.5. The van der Waals surface area contributed by atoms with Crippen molar-refractivity contribution in [2.45, 2.75) is 38.5 Å². The lowest BCUT2D eigenvalue weighted by atomic mass is 9.94. The smallest absolute Gasteiger partial charge is 0.251 e. The van der Waals surface area contributed by atoms with Crippen molar-refractivity contribution >= 4 is 11.8 Å². The average Bonchev–Trinajstić information content (AvgIpc) is 2.74. The van der Waals surface area contributed by atoms with Gasteiger partial charge in [0.25, 0.3) is 5.91 Å². The largest absolute Gasteiger partial charge is 0.493 e. The van der Waals surface area contributed by atoms with E-state index in [9.17, 15) is 9.59 Å². The first kappa shape index (κ1) is 19.5. The summed E-state index contributed by atoms with van der Waals surface area (Å²) in [5, 5.41) is 2.99. The van der Waals surface area contributed by atoms with Crippen LogP contribution < -0.4 is 10.1 Å². The van der Waals surface area contributed by atoms with Crippen LogP contribution in [0.4, 0.5) is 0 Å². The minimum Gasteiger partial charge on any atom is -0.493 e. The van der Waals surface area contributed by atoms with Gasteiger partial charge < -0.3 is 19.7 Å². The molecule has 2 aliphatic heterocycles. The van der Waals surface area contributed by atoms with Crippen LogP contribution in [0.1, 0.15) is 34.7 Å². The average molecular weight is 394 g/mol. The van der Waals surface area contributed by atoms with E-state index >= 15 is 0 Å². The molecule has 2 aromatic rings. The Morgan fingerprint density at radius 2 is 2.07 bits per heavy atom. The highest BCUT2D eigenvalue weighted by Crippen LogP contribution is 2.31. The number of carbonyl (C=O) groups is 2. The summed E-state index contributed by atoms with van der Waals surface area (Å²) in [6, 6.07) is 13.4. The number of ether oxygens (including phenoxy) is 2. The van der Waals surface area contributed by atoms with Gasteiger partial charge in [0.1, 0.15) is 12.4 Å². The van der Waals surface area contributed by atoms with E-state index in [1.54, 1.807) is 11.9 Å². The van der Waals surface area contributed by atoms with E-state index in [4.69, 9.17) is 9.47 Å². The fourth-order valence-electron chi connectivity index (χ4n) is 4.04. The molecule has 6 heteroatoms. The van der Waals surface area contributed by atoms with Gasteiger partial charge in [-0.2, -0.15) is 0 Å². The van der Waals surface area contributed by atoms with Crippen LogP contribution in [0.15, 0.2) is 42.5 Å². The first-order chi connectivity index (χ1) is 14.0. The molecule has 2 atom stereocenters. The van der Waals surface area contributed by atoms with Crippen LogP contribution in [0, 0.1) is 6.92 Å². The lowest BCUT2D eigenvalue weighted by Crippen LogP contribution is -2.53. The van der Waals surface area contributed by atoms with Crippen LogP contribution in [-0.2, 0) is 27.3 Å². The van der Waals surface area contributed by atoms with E-state index < -0.39 is 12.1 Å². The molecule has 0 radical (unpaired) electrons. The predicted octanol–water partition coefficient (Wildman–Crippen LogP) is 2.53. The van der Waals surface area contributed by atoms with Gasteiger partial charge in [0.2, 0.25) is 5.91 Å². The maximum absolute atomic E-state index is 13.0. The Labute approximate surface area is 170 Å². The standard InChI is InChI=1S/C23H26N2O4/c1-15-6-3-4-8-18(15)21-22(29-14-20(26)25(21)2)23(27)24-13-16-9-10-19-17(12-16)7-5-11-28-19/h3-4,6,8-10,12,21-22H,5,7,11,13-14H2,1-2H3,(H,24,27)/t21-,22+/m1/s1. The second-order valence-corrected chi connectivity index (χ2v) is 7.65. The predicted molar refractivity (Wildman–Crippen MR) is 109 cm³/mol. The van der Waals surface area contributed by atoms with Gasteiger partial charge >= 0.3 is 0 Å². The quantitative estimate of drug-likeness (QED) is 0.865. The summed E-state index contributed by atoms with van der Waals surface area (Å²) in [5.41, 5.74) is 4.15. The molecule has 1 N–H and O–H groups in total. The molecule has 2 heterocycles. The first-order valence-electron chi connectivity index (χ1n) is 9.99. The van der Waals surface area contributed by atoms with E-state index in [0.717, 1.165) is 41.9 Å². The number of nitrogens with zero attached hydrogens (tertiary/aromatic N) is 1. The van der Waals surface area contributed by atoms with Gasteiger partial charge in [0, 0.05) is 13.6 Å². The third-order valence-electron chi connectivity index (χ3n) is 5.69. The van der Waals surface area contributed by atoms with Crippen molar-refractivity contribution < 1.29 is 19.1 Å². The normalized spacial score (nSPS) is 21.3. The molecule has 4 rings (SSSR count). The summed E-state index contributed by atoms with van der Waals surface area (Å²) in [6.45, 7) is 3.05. The number of benzene rings is 2. The van der Waals surface area contributed by atoms with Crippen molar-refractivity contribution in [2.75, 3.05) is 20.3 Å². The van der Waals surface area contributed by atoms with Crippen LogP contribution >= 0.6 is 0 Å². The first-order valence-corrected chi connectivity index (χ1v) is 9.99. The number of rotatable bonds is 4. The SMILES string of the molecule is Cc1ccccc1[C@@H]1[C@@H](C(=O)NCc2ccc3c(c2)CCCO3)OCC(=O)N1C. The second kappa shape index (κ2) is 8.25. The Bertz CT molecular complexity index is 927. The number of hydrogen-bond acceptors (Lipinski definition) is 4. The molecule has 1 saturated heterocycles. The van der Waals surface area contributed by atoms with Gasteiger partial charge in [-0.05, 0) is 48.1 Å². The number of likely N-dealkylation sites (N-methyl/N-ethyl adjacent to an activating group) is 1. The van der Waals surface area contributed by atoms with Crippen LogP contribution in [0.25, 0.3) is 0 Å². The Balaban J connectivity index is 1.50. The molecule has 0 aromatic heterocycles. The summed E-state index contributed by atoms with van der Waals surface area (Å²) in [4.78, 5) is 26.9. The van der Waals surface area contributed by atoms with Crippen molar-refractivity contribution in [3.63, 3.8) is 0 Å². The van der Waals surface area contributed by atoms with Crippen molar-refractivity contribution in [3.05, 3.63) is 64.7 Å². The lowest BCUT2D eigenvalue weighted by Gasteiger charge is -2.39. The number of carbonyl (C=O) groups excluding carboxylic acids is 2. The molecule has 0 bridgehead atoms. The number of morpholine rings is 1. The topological polar surface area (TPSA) is 67.9 Å². The zero-order chi connectivity index (χ0) is 20.4. The van der Waals surface area contributed by atoms with Crippen LogP contribution in [-0.4, -0.2) is 43.1 Å². The van der Waals surface area contributed by atoms with Crippen molar-refractivity contribution in [1.29, 1.82) is 0 Å². The molecule has 0 spiro atoms. The number of hydrogen-bond donors (Lipinski definition) is 1. The summed E-state index contributed by atoms with van der Waals surface area (Å²) < 4.78 is 11.4. The van der Waals surface area contributed by atoms with Gasteiger partial charge in [-0.1, -0.05) is 36.4 Å². The van der Waals surface area contributed by atoms with Crippen molar-refractivity contribution in [1.82, 2.24) is 10.2 Å². The zero-order valence-corrected chi connectivity index (χ0v) is 16.8. The highest BCUT2D eigenvalue weighted by molar-refractivity contribution is 5.86. The molecule has 0 aliphatic carbocycles. The van der Waals surface area contributed by atoms with E-state index in [2.05, 4.69) is 11.4 Å². The molecule has 0 unspecified atom stereocenters. The van der Waals surface area contributed by atoms with Crippen LogP contribution in [0.5, 0.6) is 5.75 Å². The van der Waals surface area contributed by atoms with E-state index in [0.29, 0.717) is 6.54 Å². The Morgan fingerprint density at radius 3 is 2.90 bits per heavy atom. The molecule has 0 saturated carbocycles. The van der Waals surface area contributed by atoms with E-state index in [1.807, 2.05) is 43.3 Å². The van der Waals surface area contributed by atoms with Crippen LogP contribution in [0.2, 0.25) is 0 Å². The molecule has 2 aromatic carbocycles. The minimum atomic E-state index is -0.750. The molecule has 2 amide bonds. The summed E-state index contributed by atoms with van der Waals surface area (Å²) >= 11 is 0. The van der Waals surface area contributed by atoms with Gasteiger partial charge in [-0.15, -0.1) is 0 Å². The van der Waals surface area contributed by atoms with E-state index in [-0.39, 0.29) is 18.4 Å². The maximum Gasteiger partial charge on any atom is 0.251 e. The Morgan fingerprint density at radius 1 is 1.24 bits per heavy atom. The van der Waals surface area contributed by atoms with Gasteiger partial charge in [0.05, 0.1) is 12.6 Å². The van der Waals surface area contributed by atoms with Crippen molar-refractivity contribution in [3.8, 4) is 5.75 Å². The van der Waals surface area contributed by atoms with E-state index in [1.165, 1.54) is 5.56 Å². The summed E-state index contributed by atoms with van der Waals surface area (Å²) in [5.74, 6) is 0.588. The Hall–Kier alpha value is -2.86. The maximum atomic E-state index is 13.0. The number of nitrogens with one attached hydrogen (secondary N) is 1. The second-order valence-electron chi connectivity index (χ2n) is 7.65. The fraction of sp³-hybridized carbons (Fsp3) is 0.391. The molecule has 2 aliphatic rings. The molecular weight excluding hydrogens is 368 g/mol. The number of aryl methyl sites for hydroxylation is 2. The third kappa shape index (κ3) is 3.98. The lowest BCUT2D eigenvalue weighted by molar-refractivity contribution is -0.162. The minimum absolute atomic E-state index is 0.0901. The molecule has 6 nitrogen and oxygen atoms in total. The monoisotopic (exact) mass is 394 g/mol. The fourth-order valence-corrected chi connectivity index (χ4v) is 4.04. The number of fused-ring (bicyclic) bond motifs is 1. The molecule has 152 valence electrons. The molecule has 29 heavy (non-hydrogen) atoms. The molecular formula is C23H26N2O4. The summed E-state index contributed by atoms with van der Waals surface area (Å²) in [7, 11) is 1.73. The van der Waals surface area contributed by atoms with Crippen LogP contribution in [0.3, 0.4) is 0 Å². The Kier molecular flexibility index (Phi) is 5.53. The number of amides is 2. The third-order valence-corrected chi connectivity index (χ3v) is 5.69. The van der Waals surface area contributed by atoms with Crippen molar-refractivity contribution in [2.24, 2.45) is 0 Å². The van der Waals surface area contributed by atoms with Gasteiger partial charge in [0.15, 0.2) is 6.10 Å². The summed E-state index contributed by atoms with van der Waals surface area (Å²) in [6.07, 6.45) is 1.25. The van der Waals surface area contributed by atoms with Gasteiger partial charge in [-0.25, -0.2) is 0 Å².